The molecular weight excluding hydrogens is 410 g/mol. The molecule has 0 bridgehead atoms. The molecule has 2 saturated heterocycles. The quantitative estimate of drug-likeness (QED) is 0.363. The Kier molecular flexibility index (Phi) is 9.61. The highest BCUT2D eigenvalue weighted by molar-refractivity contribution is 7.89. The lowest BCUT2D eigenvalue weighted by molar-refractivity contribution is 0.282. The number of piperidine rings is 1. The van der Waals surface area contributed by atoms with Crippen LogP contribution in [0.25, 0.3) is 0 Å². The van der Waals surface area contributed by atoms with Crippen molar-refractivity contribution in [3.05, 3.63) is 29.8 Å². The van der Waals surface area contributed by atoms with Crippen LogP contribution in [0.4, 0.5) is 0 Å². The molecular formula is C23H39N5O2S. The van der Waals surface area contributed by atoms with Crippen LogP contribution in [0.3, 0.4) is 0 Å². The first-order chi connectivity index (χ1) is 15.1. The summed E-state index contributed by atoms with van der Waals surface area (Å²) in [6.07, 6.45) is 9.41. The molecule has 2 fully saturated rings. The van der Waals surface area contributed by atoms with Gasteiger partial charge in [0.2, 0.25) is 10.0 Å². The third-order valence-electron chi connectivity index (χ3n) is 6.22. The van der Waals surface area contributed by atoms with E-state index in [0.29, 0.717) is 30.5 Å². The minimum Gasteiger partial charge on any atom is -0.356 e. The van der Waals surface area contributed by atoms with Gasteiger partial charge < -0.3 is 15.5 Å². The number of guanidine groups is 1. The highest BCUT2D eigenvalue weighted by Crippen LogP contribution is 2.23. The molecule has 2 heterocycles. The minimum atomic E-state index is -3.46. The summed E-state index contributed by atoms with van der Waals surface area (Å²) in [4.78, 5) is 7.27. The Hall–Kier alpha value is -1.64. The van der Waals surface area contributed by atoms with Gasteiger partial charge in [0.15, 0.2) is 5.96 Å². The Labute approximate surface area is 188 Å². The average molecular weight is 450 g/mol. The number of hydrogen-bond acceptors (Lipinski definition) is 4. The van der Waals surface area contributed by atoms with Crippen LogP contribution in [0.5, 0.6) is 0 Å². The number of nitrogens with zero attached hydrogens (tertiary/aromatic N) is 3. The Morgan fingerprint density at radius 3 is 2.29 bits per heavy atom. The number of hydrogen-bond donors (Lipinski definition) is 2. The molecule has 31 heavy (non-hydrogen) atoms. The summed E-state index contributed by atoms with van der Waals surface area (Å²) >= 11 is 0. The number of nitrogens with one attached hydrogen (secondary N) is 2. The van der Waals surface area contributed by atoms with E-state index in [1.54, 1.807) is 23.5 Å². The lowest BCUT2D eigenvalue weighted by atomic mass is 10.2. The number of aliphatic imine (C=N–C) groups is 1. The molecule has 1 aromatic rings. The molecule has 3 rings (SSSR count). The van der Waals surface area contributed by atoms with Crippen molar-refractivity contribution in [2.45, 2.75) is 62.8 Å². The first-order valence-corrected chi connectivity index (χ1v) is 13.3. The minimum absolute atomic E-state index is 0.404. The SMILES string of the molecule is CN=C(NCCCN1CCCCCC1)NCc1ccccc1S(=O)(=O)N1CCCCC1. The van der Waals surface area contributed by atoms with Gasteiger partial charge in [0.1, 0.15) is 0 Å². The highest BCUT2D eigenvalue weighted by atomic mass is 32.2. The molecule has 2 aliphatic heterocycles. The maximum Gasteiger partial charge on any atom is 0.243 e. The van der Waals surface area contributed by atoms with Crippen molar-refractivity contribution in [2.24, 2.45) is 4.99 Å². The predicted octanol–water partition coefficient (Wildman–Crippen LogP) is 2.79. The molecule has 0 saturated carbocycles. The van der Waals surface area contributed by atoms with Crippen molar-refractivity contribution in [1.82, 2.24) is 19.8 Å². The molecule has 8 heteroatoms. The zero-order valence-corrected chi connectivity index (χ0v) is 19.8. The maximum atomic E-state index is 13.2. The van der Waals surface area contributed by atoms with E-state index in [1.807, 2.05) is 12.1 Å². The van der Waals surface area contributed by atoms with Gasteiger partial charge in [0.25, 0.3) is 0 Å². The van der Waals surface area contributed by atoms with Gasteiger partial charge in [-0.2, -0.15) is 4.31 Å². The largest absolute Gasteiger partial charge is 0.356 e. The van der Waals surface area contributed by atoms with Gasteiger partial charge in [0, 0.05) is 33.2 Å². The zero-order valence-electron chi connectivity index (χ0n) is 19.0. The molecule has 0 spiro atoms. The van der Waals surface area contributed by atoms with Gasteiger partial charge in [-0.15, -0.1) is 0 Å². The Morgan fingerprint density at radius 1 is 0.935 bits per heavy atom. The Morgan fingerprint density at radius 2 is 1.58 bits per heavy atom. The van der Waals surface area contributed by atoms with Gasteiger partial charge in [-0.05, 0) is 63.4 Å². The number of likely N-dealkylation sites (tertiary alicyclic amines) is 1. The summed E-state index contributed by atoms with van der Waals surface area (Å²) in [5, 5.41) is 6.66. The van der Waals surface area contributed by atoms with E-state index in [-0.39, 0.29) is 0 Å². The summed E-state index contributed by atoms with van der Waals surface area (Å²) in [7, 11) is -1.71. The standard InChI is InChI=1S/C23H39N5O2S/c1-24-23(25-14-11-17-27-15-7-2-3-8-16-27)26-20-21-12-5-6-13-22(21)31(29,30)28-18-9-4-10-19-28/h5-6,12-13H,2-4,7-11,14-20H2,1H3,(H2,24,25,26). The topological polar surface area (TPSA) is 77.0 Å². The summed E-state index contributed by atoms with van der Waals surface area (Å²) in [5.74, 6) is 0.709. The van der Waals surface area contributed by atoms with E-state index < -0.39 is 10.0 Å². The third-order valence-corrected chi connectivity index (χ3v) is 8.22. The van der Waals surface area contributed by atoms with E-state index in [0.717, 1.165) is 44.3 Å². The van der Waals surface area contributed by atoms with Crippen LogP contribution in [0, 0.1) is 0 Å². The van der Waals surface area contributed by atoms with Crippen molar-refractivity contribution >= 4 is 16.0 Å². The van der Waals surface area contributed by atoms with Crippen molar-refractivity contribution in [2.75, 3.05) is 46.3 Å². The molecule has 174 valence electrons. The molecule has 1 aromatic carbocycles. The summed E-state index contributed by atoms with van der Waals surface area (Å²) < 4.78 is 27.9. The monoisotopic (exact) mass is 449 g/mol. The predicted molar refractivity (Wildman–Crippen MR) is 127 cm³/mol. The fraction of sp³-hybridized carbons (Fsp3) is 0.696. The summed E-state index contributed by atoms with van der Waals surface area (Å²) in [6.45, 7) is 6.05. The van der Waals surface area contributed by atoms with Crippen molar-refractivity contribution in [3.8, 4) is 0 Å². The lowest BCUT2D eigenvalue weighted by Crippen LogP contribution is -2.39. The second-order valence-corrected chi connectivity index (χ2v) is 10.4. The molecule has 2 N–H and O–H groups in total. The van der Waals surface area contributed by atoms with Crippen LogP contribution < -0.4 is 10.6 Å². The van der Waals surface area contributed by atoms with Gasteiger partial charge in [0.05, 0.1) is 4.90 Å². The first-order valence-electron chi connectivity index (χ1n) is 11.9. The molecule has 0 aromatic heterocycles. The van der Waals surface area contributed by atoms with Crippen molar-refractivity contribution < 1.29 is 8.42 Å². The first kappa shape index (κ1) is 24.0. The van der Waals surface area contributed by atoms with E-state index in [9.17, 15) is 8.42 Å². The van der Waals surface area contributed by atoms with Crippen LogP contribution in [0.2, 0.25) is 0 Å². The number of sulfonamides is 1. The molecule has 0 radical (unpaired) electrons. The van der Waals surface area contributed by atoms with E-state index in [4.69, 9.17) is 0 Å². The van der Waals surface area contributed by atoms with Crippen molar-refractivity contribution in [3.63, 3.8) is 0 Å². The number of rotatable bonds is 8. The van der Waals surface area contributed by atoms with E-state index in [2.05, 4.69) is 20.5 Å². The molecule has 2 aliphatic rings. The zero-order chi connectivity index (χ0) is 21.9. The Bertz CT molecular complexity index is 798. The fourth-order valence-corrected chi connectivity index (χ4v) is 6.15. The molecule has 0 atom stereocenters. The van der Waals surface area contributed by atoms with E-state index in [1.165, 1.54) is 38.8 Å². The second kappa shape index (κ2) is 12.4. The van der Waals surface area contributed by atoms with Crippen LogP contribution in [0.1, 0.15) is 56.9 Å². The Balaban J connectivity index is 1.50. The summed E-state index contributed by atoms with van der Waals surface area (Å²) in [5.41, 5.74) is 0.778. The summed E-state index contributed by atoms with van der Waals surface area (Å²) in [6, 6.07) is 7.30. The lowest BCUT2D eigenvalue weighted by Gasteiger charge is -2.27. The number of benzene rings is 1. The van der Waals surface area contributed by atoms with Crippen LogP contribution in [-0.4, -0.2) is 69.9 Å². The van der Waals surface area contributed by atoms with Gasteiger partial charge in [-0.3, -0.25) is 4.99 Å². The van der Waals surface area contributed by atoms with Crippen LogP contribution in [-0.2, 0) is 16.6 Å². The van der Waals surface area contributed by atoms with Gasteiger partial charge in [-0.25, -0.2) is 8.42 Å². The molecule has 0 unspecified atom stereocenters. The van der Waals surface area contributed by atoms with E-state index >= 15 is 0 Å². The van der Waals surface area contributed by atoms with Gasteiger partial charge in [-0.1, -0.05) is 37.5 Å². The molecule has 0 aliphatic carbocycles. The molecule has 0 amide bonds. The van der Waals surface area contributed by atoms with Crippen LogP contribution in [0.15, 0.2) is 34.2 Å². The maximum absolute atomic E-state index is 13.2. The molecule has 7 nitrogen and oxygen atoms in total. The fourth-order valence-electron chi connectivity index (χ4n) is 4.41. The average Bonchev–Trinajstić information content (AvgIpc) is 3.08. The smallest absolute Gasteiger partial charge is 0.243 e. The van der Waals surface area contributed by atoms with Gasteiger partial charge >= 0.3 is 0 Å². The highest BCUT2D eigenvalue weighted by Gasteiger charge is 2.27. The third kappa shape index (κ3) is 7.19. The van der Waals surface area contributed by atoms with Crippen LogP contribution >= 0.6 is 0 Å². The normalized spacial score (nSPS) is 19.7. The second-order valence-electron chi connectivity index (χ2n) is 8.53. The van der Waals surface area contributed by atoms with Crippen molar-refractivity contribution in [1.29, 1.82) is 0 Å².